The minimum Gasteiger partial charge on any atom is -0.465 e. The zero-order valence-electron chi connectivity index (χ0n) is 12.6. The van der Waals surface area contributed by atoms with Crippen LogP contribution in [0.1, 0.15) is 6.92 Å². The maximum Gasteiger partial charge on any atom is 0.216 e. The smallest absolute Gasteiger partial charge is 0.216 e. The van der Waals surface area contributed by atoms with Crippen LogP contribution in [0.3, 0.4) is 0 Å². The lowest BCUT2D eigenvalue weighted by Gasteiger charge is -2.09. The molecule has 0 heterocycles. The third kappa shape index (κ3) is 3.50. The van der Waals surface area contributed by atoms with Gasteiger partial charge >= 0.3 is 0 Å². The van der Waals surface area contributed by atoms with Gasteiger partial charge in [0.2, 0.25) is 9.84 Å². The molecule has 0 bridgehead atoms. The first-order valence-electron chi connectivity index (χ1n) is 6.82. The molecule has 23 heavy (non-hydrogen) atoms. The van der Waals surface area contributed by atoms with Crippen LogP contribution in [0.4, 0.5) is 0 Å². The van der Waals surface area contributed by atoms with Crippen molar-refractivity contribution in [3.63, 3.8) is 0 Å². The minimum atomic E-state index is -3.81. The Kier molecular flexibility index (Phi) is 4.99. The molecule has 0 atom stereocenters. The number of hydrogen-bond donors (Lipinski definition) is 0. The molecule has 0 saturated carbocycles. The summed E-state index contributed by atoms with van der Waals surface area (Å²) in [5.74, 6) is 0.669. The van der Waals surface area contributed by atoms with Crippen LogP contribution in [-0.2, 0) is 9.84 Å². The molecule has 0 unspecified atom stereocenters. The van der Waals surface area contributed by atoms with Crippen molar-refractivity contribution in [2.75, 3.05) is 0 Å². The average Bonchev–Trinajstić information content (AvgIpc) is 2.59. The van der Waals surface area contributed by atoms with E-state index < -0.39 is 14.7 Å². The third-order valence-electron chi connectivity index (χ3n) is 3.14. The van der Waals surface area contributed by atoms with Gasteiger partial charge in [0.1, 0.15) is 16.7 Å². The summed E-state index contributed by atoms with van der Waals surface area (Å²) in [5, 5.41) is 8.73. The summed E-state index contributed by atoms with van der Waals surface area (Å²) in [5.41, 5.74) is 1.65. The largest absolute Gasteiger partial charge is 0.465 e. The predicted molar refractivity (Wildman–Crippen MR) is 89.3 cm³/mol. The van der Waals surface area contributed by atoms with Gasteiger partial charge in [-0.3, -0.25) is 0 Å². The molecule has 5 heteroatoms. The molecule has 0 spiro atoms. The van der Waals surface area contributed by atoms with Crippen molar-refractivity contribution in [1.82, 2.24) is 0 Å². The maximum absolute atomic E-state index is 12.1. The van der Waals surface area contributed by atoms with E-state index in [9.17, 15) is 8.42 Å². The normalized spacial score (nSPS) is 11.1. The Morgan fingerprint density at radius 2 is 1.83 bits per heavy atom. The van der Waals surface area contributed by atoms with Crippen LogP contribution in [0.25, 0.3) is 11.1 Å². The Labute approximate surface area is 135 Å². The summed E-state index contributed by atoms with van der Waals surface area (Å²) in [7, 11) is -3.81. The topological polar surface area (TPSA) is 67.2 Å². The number of rotatable bonds is 5. The Hall–Kier alpha value is -2.84. The first-order chi connectivity index (χ1) is 11.0. The second kappa shape index (κ2) is 6.95. The lowest BCUT2D eigenvalue weighted by molar-refractivity contribution is 0.482. The summed E-state index contributed by atoms with van der Waals surface area (Å²) in [6, 6.07) is 15.3. The lowest BCUT2D eigenvalue weighted by atomic mass is 10.1. The molecule has 0 aliphatic carbocycles. The van der Waals surface area contributed by atoms with Crippen LogP contribution >= 0.6 is 0 Å². The van der Waals surface area contributed by atoms with Crippen LogP contribution in [0, 0.1) is 11.3 Å². The SMILES string of the molecule is C=C(C#N)S(=O)(=O)c1ccc(-c2ccccc2OC=CC)cc1. The van der Waals surface area contributed by atoms with Gasteiger partial charge in [0, 0.05) is 5.56 Å². The molecule has 0 saturated heterocycles. The molecule has 116 valence electrons. The Morgan fingerprint density at radius 1 is 1.17 bits per heavy atom. The summed E-state index contributed by atoms with van der Waals surface area (Å²) in [6.07, 6.45) is 3.36. The predicted octanol–water partition coefficient (Wildman–Crippen LogP) is 4.08. The summed E-state index contributed by atoms with van der Waals surface area (Å²) >= 11 is 0. The van der Waals surface area contributed by atoms with Gasteiger partial charge in [-0.1, -0.05) is 43.0 Å². The van der Waals surface area contributed by atoms with Crippen molar-refractivity contribution in [3.8, 4) is 22.9 Å². The van der Waals surface area contributed by atoms with Gasteiger partial charge in [-0.2, -0.15) is 5.26 Å². The Balaban J connectivity index is 2.42. The maximum atomic E-state index is 12.1. The van der Waals surface area contributed by atoms with E-state index in [-0.39, 0.29) is 4.90 Å². The minimum absolute atomic E-state index is 0.0413. The molecule has 0 fully saturated rings. The molecule has 2 rings (SSSR count). The van der Waals surface area contributed by atoms with Gasteiger partial charge in [0.25, 0.3) is 0 Å². The van der Waals surface area contributed by atoms with Crippen LogP contribution in [0.15, 0.2) is 77.2 Å². The fourth-order valence-corrected chi connectivity index (χ4v) is 2.86. The second-order valence-electron chi connectivity index (χ2n) is 4.65. The van der Waals surface area contributed by atoms with Crippen molar-refractivity contribution in [2.24, 2.45) is 0 Å². The molecule has 0 aliphatic heterocycles. The van der Waals surface area contributed by atoms with E-state index in [0.717, 1.165) is 11.1 Å². The number of benzene rings is 2. The van der Waals surface area contributed by atoms with Crippen molar-refractivity contribution in [2.45, 2.75) is 11.8 Å². The van der Waals surface area contributed by atoms with E-state index in [1.54, 1.807) is 30.5 Å². The summed E-state index contributed by atoms with van der Waals surface area (Å²) in [6.45, 7) is 5.12. The van der Waals surface area contributed by atoms with Crippen LogP contribution in [0.2, 0.25) is 0 Å². The molecule has 2 aromatic rings. The summed E-state index contributed by atoms with van der Waals surface area (Å²) < 4.78 is 29.7. The molecule has 2 aromatic carbocycles. The van der Waals surface area contributed by atoms with E-state index in [4.69, 9.17) is 10.00 Å². The van der Waals surface area contributed by atoms with Crippen molar-refractivity contribution < 1.29 is 13.2 Å². The van der Waals surface area contributed by atoms with E-state index in [1.165, 1.54) is 12.1 Å². The third-order valence-corrected chi connectivity index (χ3v) is 4.78. The molecule has 0 aliphatic rings. The standard InChI is InChI=1S/C18H15NO3S/c1-3-12-22-18-7-5-4-6-17(18)15-8-10-16(11-9-15)23(20,21)14(2)13-19/h3-12H,2H2,1H3. The van der Waals surface area contributed by atoms with E-state index in [0.29, 0.717) is 5.75 Å². The van der Waals surface area contributed by atoms with Gasteiger partial charge < -0.3 is 4.74 Å². The molecule has 0 aromatic heterocycles. The fraction of sp³-hybridized carbons (Fsp3) is 0.0556. The highest BCUT2D eigenvalue weighted by Crippen LogP contribution is 2.31. The summed E-state index contributed by atoms with van der Waals surface area (Å²) in [4.78, 5) is -0.429. The highest BCUT2D eigenvalue weighted by atomic mass is 32.2. The molecular formula is C18H15NO3S. The fourth-order valence-electron chi connectivity index (χ4n) is 1.97. The zero-order valence-corrected chi connectivity index (χ0v) is 13.4. The van der Waals surface area contributed by atoms with Crippen molar-refractivity contribution >= 4 is 9.84 Å². The van der Waals surface area contributed by atoms with Gasteiger partial charge in [0.15, 0.2) is 0 Å². The number of nitrogens with zero attached hydrogens (tertiary/aromatic N) is 1. The average molecular weight is 325 g/mol. The zero-order chi connectivity index (χ0) is 16.9. The first kappa shape index (κ1) is 16.5. The molecular weight excluding hydrogens is 310 g/mol. The Bertz CT molecular complexity index is 889. The first-order valence-corrected chi connectivity index (χ1v) is 8.30. The molecule has 4 nitrogen and oxygen atoms in total. The van der Waals surface area contributed by atoms with Crippen LogP contribution in [0.5, 0.6) is 5.75 Å². The quantitative estimate of drug-likeness (QED) is 0.614. The van der Waals surface area contributed by atoms with E-state index >= 15 is 0 Å². The molecule has 0 N–H and O–H groups in total. The number of hydrogen-bond acceptors (Lipinski definition) is 4. The highest BCUT2D eigenvalue weighted by molar-refractivity contribution is 7.95. The molecule has 0 radical (unpaired) electrons. The van der Waals surface area contributed by atoms with Crippen molar-refractivity contribution in [3.05, 3.63) is 72.4 Å². The van der Waals surface area contributed by atoms with Crippen LogP contribution in [-0.4, -0.2) is 8.42 Å². The van der Waals surface area contributed by atoms with E-state index in [1.807, 2.05) is 31.2 Å². The number of allylic oxidation sites excluding steroid dienone is 2. The Morgan fingerprint density at radius 3 is 2.43 bits per heavy atom. The number of ether oxygens (including phenoxy) is 1. The van der Waals surface area contributed by atoms with Crippen molar-refractivity contribution in [1.29, 1.82) is 5.26 Å². The highest BCUT2D eigenvalue weighted by Gasteiger charge is 2.18. The molecule has 0 amide bonds. The van der Waals surface area contributed by atoms with E-state index in [2.05, 4.69) is 6.58 Å². The van der Waals surface area contributed by atoms with Gasteiger partial charge in [-0.25, -0.2) is 8.42 Å². The lowest BCUT2D eigenvalue weighted by Crippen LogP contribution is -2.02. The number of sulfone groups is 1. The van der Waals surface area contributed by atoms with Crippen LogP contribution < -0.4 is 4.74 Å². The number of nitriles is 1. The second-order valence-corrected chi connectivity index (χ2v) is 6.62. The van der Waals surface area contributed by atoms with Gasteiger partial charge in [0.05, 0.1) is 11.2 Å². The monoisotopic (exact) mass is 325 g/mol. The van der Waals surface area contributed by atoms with Gasteiger partial charge in [-0.15, -0.1) is 0 Å². The van der Waals surface area contributed by atoms with Gasteiger partial charge in [-0.05, 0) is 30.7 Å². The number of para-hydroxylation sites is 1.